The molecule has 0 saturated carbocycles. The molecule has 3 aliphatic rings. The van der Waals surface area contributed by atoms with E-state index < -0.39 is 11.6 Å². The third-order valence-electron chi connectivity index (χ3n) is 9.09. The second-order valence-corrected chi connectivity index (χ2v) is 12.6. The summed E-state index contributed by atoms with van der Waals surface area (Å²) in [5, 5.41) is 0.531. The molecule has 216 valence electrons. The van der Waals surface area contributed by atoms with Crippen molar-refractivity contribution in [3.05, 3.63) is 54.0 Å². The fraction of sp³-hybridized carbons (Fsp3) is 0.485. The number of hydrogen-bond donors (Lipinski definition) is 0. The highest BCUT2D eigenvalue weighted by Gasteiger charge is 2.45. The molecule has 3 fully saturated rings. The molecule has 3 aliphatic heterocycles. The zero-order valence-electron chi connectivity index (χ0n) is 24.3. The van der Waals surface area contributed by atoms with Crippen molar-refractivity contribution in [3.8, 4) is 17.3 Å². The minimum atomic E-state index is -0.644. The standard InChI is InChI=1S/C33H39F2N5O/c1-5-10-23-11-6-12-24(26(23)22(2)34)28-27(35)29-25(19-36-28)30(39-16-7-13-32(3,4)20-39)38-31(37-29)41-21-33-14-8-17-40(33)18-9-15-33/h5-6,10-12,19H,2,7-9,13-18,20-21H2,1,3-4H3/b10-5-. The maximum Gasteiger partial charge on any atom is 0.319 e. The van der Waals surface area contributed by atoms with E-state index in [9.17, 15) is 4.39 Å². The van der Waals surface area contributed by atoms with Gasteiger partial charge in [0.25, 0.3) is 0 Å². The number of pyridine rings is 1. The molecule has 5 heterocycles. The van der Waals surface area contributed by atoms with Crippen molar-refractivity contribution in [3.63, 3.8) is 0 Å². The van der Waals surface area contributed by atoms with Crippen LogP contribution in [0.15, 0.2) is 37.1 Å². The average molecular weight is 560 g/mol. The van der Waals surface area contributed by atoms with Gasteiger partial charge in [-0.15, -0.1) is 0 Å². The summed E-state index contributed by atoms with van der Waals surface area (Å²) in [6.07, 6.45) is 11.8. The molecule has 0 aliphatic carbocycles. The van der Waals surface area contributed by atoms with E-state index in [0.29, 0.717) is 28.9 Å². The van der Waals surface area contributed by atoms with Crippen LogP contribution in [0.4, 0.5) is 14.6 Å². The Labute approximate surface area is 241 Å². The molecular weight excluding hydrogens is 520 g/mol. The summed E-state index contributed by atoms with van der Waals surface area (Å²) < 4.78 is 37.7. The Balaban J connectivity index is 1.48. The summed E-state index contributed by atoms with van der Waals surface area (Å²) in [4.78, 5) is 18.8. The van der Waals surface area contributed by atoms with Crippen molar-refractivity contribution in [1.29, 1.82) is 0 Å². The first kappa shape index (κ1) is 27.8. The number of nitrogens with zero attached hydrogens (tertiary/aromatic N) is 5. The molecular formula is C33H39F2N5O. The topological polar surface area (TPSA) is 54.4 Å². The van der Waals surface area contributed by atoms with Crippen LogP contribution in [0.1, 0.15) is 70.4 Å². The molecule has 2 aromatic heterocycles. The lowest BCUT2D eigenvalue weighted by molar-refractivity contribution is 0.108. The van der Waals surface area contributed by atoms with Crippen LogP contribution >= 0.6 is 0 Å². The van der Waals surface area contributed by atoms with Gasteiger partial charge < -0.3 is 9.64 Å². The van der Waals surface area contributed by atoms with Gasteiger partial charge in [0.05, 0.1) is 10.9 Å². The monoisotopic (exact) mass is 559 g/mol. The summed E-state index contributed by atoms with van der Waals surface area (Å²) in [6, 6.07) is 5.40. The molecule has 0 atom stereocenters. The Morgan fingerprint density at radius 3 is 2.56 bits per heavy atom. The van der Waals surface area contributed by atoms with Crippen LogP contribution in [0.5, 0.6) is 6.01 Å². The number of aromatic nitrogens is 3. The van der Waals surface area contributed by atoms with E-state index in [1.54, 1.807) is 30.5 Å². The first-order valence-corrected chi connectivity index (χ1v) is 14.8. The third kappa shape index (κ3) is 5.11. The normalized spacial score (nSPS) is 20.2. The van der Waals surface area contributed by atoms with Crippen molar-refractivity contribution in [2.75, 3.05) is 37.7 Å². The Morgan fingerprint density at radius 1 is 1.10 bits per heavy atom. The number of rotatable bonds is 7. The van der Waals surface area contributed by atoms with E-state index in [2.05, 4.69) is 40.2 Å². The van der Waals surface area contributed by atoms with Crippen LogP contribution in [0.3, 0.4) is 0 Å². The largest absolute Gasteiger partial charge is 0.461 e. The number of allylic oxidation sites excluding steroid dienone is 1. The van der Waals surface area contributed by atoms with Crippen LogP contribution < -0.4 is 9.64 Å². The van der Waals surface area contributed by atoms with Gasteiger partial charge in [-0.3, -0.25) is 9.88 Å². The second-order valence-electron chi connectivity index (χ2n) is 12.6. The van der Waals surface area contributed by atoms with Gasteiger partial charge in [0.15, 0.2) is 5.82 Å². The Morgan fingerprint density at radius 2 is 1.85 bits per heavy atom. The molecule has 3 saturated heterocycles. The van der Waals surface area contributed by atoms with Gasteiger partial charge in [-0.05, 0) is 69.5 Å². The Bertz CT molecular complexity index is 1510. The number of fused-ring (bicyclic) bond motifs is 2. The van der Waals surface area contributed by atoms with Gasteiger partial charge in [0.2, 0.25) is 0 Å². The van der Waals surface area contributed by atoms with Crippen molar-refractivity contribution in [2.45, 2.75) is 64.8 Å². The highest BCUT2D eigenvalue weighted by Crippen LogP contribution is 2.41. The average Bonchev–Trinajstić information content (AvgIpc) is 3.52. The van der Waals surface area contributed by atoms with Gasteiger partial charge in [-0.2, -0.15) is 9.97 Å². The Hall–Kier alpha value is -3.39. The molecule has 0 bridgehead atoms. The van der Waals surface area contributed by atoms with E-state index in [-0.39, 0.29) is 33.7 Å². The second kappa shape index (κ2) is 10.8. The molecule has 0 unspecified atom stereocenters. The van der Waals surface area contributed by atoms with Crippen LogP contribution in [0.2, 0.25) is 0 Å². The molecule has 41 heavy (non-hydrogen) atoms. The van der Waals surface area contributed by atoms with Crippen molar-refractivity contribution in [2.24, 2.45) is 5.41 Å². The first-order valence-electron chi connectivity index (χ1n) is 14.8. The van der Waals surface area contributed by atoms with Crippen molar-refractivity contribution >= 4 is 28.6 Å². The lowest BCUT2D eigenvalue weighted by Crippen LogP contribution is -2.43. The zero-order chi connectivity index (χ0) is 28.8. The minimum absolute atomic E-state index is 0.0111. The van der Waals surface area contributed by atoms with Crippen LogP contribution in [0, 0.1) is 11.2 Å². The molecule has 0 N–H and O–H groups in total. The predicted octanol–water partition coefficient (Wildman–Crippen LogP) is 7.44. The third-order valence-corrected chi connectivity index (χ3v) is 9.09. The van der Waals surface area contributed by atoms with Gasteiger partial charge in [0.1, 0.15) is 29.5 Å². The molecule has 8 heteroatoms. The predicted molar refractivity (Wildman–Crippen MR) is 161 cm³/mol. The summed E-state index contributed by atoms with van der Waals surface area (Å²) in [5.74, 6) is -0.621. The molecule has 3 aromatic rings. The first-order chi connectivity index (χ1) is 19.7. The van der Waals surface area contributed by atoms with E-state index in [1.807, 2.05) is 13.0 Å². The zero-order valence-corrected chi connectivity index (χ0v) is 24.3. The van der Waals surface area contributed by atoms with E-state index >= 15 is 4.39 Å². The number of hydrogen-bond acceptors (Lipinski definition) is 6. The minimum Gasteiger partial charge on any atom is -0.461 e. The van der Waals surface area contributed by atoms with Gasteiger partial charge in [-0.25, -0.2) is 8.78 Å². The summed E-state index contributed by atoms with van der Waals surface area (Å²) in [7, 11) is 0. The SMILES string of the molecule is C=C(F)c1c(/C=C\C)cccc1-c1ncc2c(N3CCCC(C)(C)C3)nc(OCC34CCCN3CCC4)nc2c1F. The lowest BCUT2D eigenvalue weighted by Gasteiger charge is -2.39. The maximum atomic E-state index is 16.5. The van der Waals surface area contributed by atoms with Crippen molar-refractivity contribution < 1.29 is 13.5 Å². The van der Waals surface area contributed by atoms with Crippen LogP contribution in [-0.4, -0.2) is 58.2 Å². The molecule has 6 rings (SSSR count). The van der Waals surface area contributed by atoms with Crippen LogP contribution in [-0.2, 0) is 0 Å². The number of halogens is 2. The summed E-state index contributed by atoms with van der Waals surface area (Å²) >= 11 is 0. The molecule has 0 amide bonds. The molecule has 1 aromatic carbocycles. The van der Waals surface area contributed by atoms with Crippen LogP contribution in [0.25, 0.3) is 34.1 Å². The van der Waals surface area contributed by atoms with Gasteiger partial charge >= 0.3 is 6.01 Å². The maximum absolute atomic E-state index is 16.5. The van der Waals surface area contributed by atoms with Gasteiger partial charge in [0, 0.05) is 30.4 Å². The van der Waals surface area contributed by atoms with E-state index in [4.69, 9.17) is 9.72 Å². The molecule has 6 nitrogen and oxygen atoms in total. The van der Waals surface area contributed by atoms with Crippen molar-refractivity contribution in [1.82, 2.24) is 19.9 Å². The fourth-order valence-electron chi connectivity index (χ4n) is 7.17. The smallest absolute Gasteiger partial charge is 0.319 e. The highest BCUT2D eigenvalue weighted by molar-refractivity contribution is 5.93. The Kier molecular flexibility index (Phi) is 7.30. The number of anilines is 1. The quantitative estimate of drug-likeness (QED) is 0.300. The van der Waals surface area contributed by atoms with E-state index in [1.165, 1.54) is 0 Å². The summed E-state index contributed by atoms with van der Waals surface area (Å²) in [6.45, 7) is 14.1. The lowest BCUT2D eigenvalue weighted by atomic mass is 9.84. The van der Waals surface area contributed by atoms with E-state index in [0.717, 1.165) is 64.7 Å². The summed E-state index contributed by atoms with van der Waals surface area (Å²) in [5.41, 5.74) is 1.44. The molecule has 0 radical (unpaired) electrons. The van der Waals surface area contributed by atoms with Gasteiger partial charge in [-0.1, -0.05) is 50.8 Å². The number of benzene rings is 1. The molecule has 0 spiro atoms. The number of ether oxygens (including phenoxy) is 1. The number of piperidine rings is 1. The highest BCUT2D eigenvalue weighted by atomic mass is 19.1. The fourth-order valence-corrected chi connectivity index (χ4v) is 7.17.